The average Bonchev–Trinajstić information content (AvgIpc) is 2.68. The van der Waals surface area contributed by atoms with Gasteiger partial charge in [0.15, 0.2) is 0 Å². The van der Waals surface area contributed by atoms with E-state index in [0.29, 0.717) is 24.6 Å². The van der Waals surface area contributed by atoms with E-state index in [2.05, 4.69) is 4.98 Å². The van der Waals surface area contributed by atoms with Crippen LogP contribution in [-0.4, -0.2) is 17.4 Å². The molecule has 0 spiro atoms. The van der Waals surface area contributed by atoms with Crippen molar-refractivity contribution in [3.8, 4) is 5.88 Å². The maximum atomic E-state index is 12.8. The van der Waals surface area contributed by atoms with Crippen molar-refractivity contribution < 1.29 is 9.53 Å². The van der Waals surface area contributed by atoms with Crippen LogP contribution in [0.5, 0.6) is 5.88 Å². The molecule has 0 atom stereocenters. The van der Waals surface area contributed by atoms with Gasteiger partial charge in [-0.1, -0.05) is 48.0 Å². The second-order valence-corrected chi connectivity index (χ2v) is 6.46. The standard InChI is InChI=1S/C22H20N2O2/c1-16-7-9-18(10-8-16)24-14-13-20-19(22(24)25)11-12-21(23-20)26-15-17-5-3-2-4-6-17/h2-12H,13-15H2,1H3. The second-order valence-electron chi connectivity index (χ2n) is 6.46. The van der Waals surface area contributed by atoms with Gasteiger partial charge < -0.3 is 9.64 Å². The molecule has 130 valence electrons. The second kappa shape index (κ2) is 7.00. The molecule has 1 aliphatic heterocycles. The molecule has 0 unspecified atom stereocenters. The molecule has 1 aromatic heterocycles. The Balaban J connectivity index is 1.51. The van der Waals surface area contributed by atoms with Gasteiger partial charge in [0.25, 0.3) is 5.91 Å². The van der Waals surface area contributed by atoms with Crippen LogP contribution in [0.1, 0.15) is 27.2 Å². The Morgan fingerprint density at radius 2 is 1.77 bits per heavy atom. The zero-order valence-corrected chi connectivity index (χ0v) is 14.7. The van der Waals surface area contributed by atoms with Gasteiger partial charge in [0.2, 0.25) is 5.88 Å². The highest BCUT2D eigenvalue weighted by atomic mass is 16.5. The SMILES string of the molecule is Cc1ccc(N2CCc3nc(OCc4ccccc4)ccc3C2=O)cc1. The number of hydrogen-bond donors (Lipinski definition) is 0. The Morgan fingerprint density at radius 1 is 1.00 bits per heavy atom. The Hall–Kier alpha value is -3.14. The third-order valence-corrected chi connectivity index (χ3v) is 4.57. The van der Waals surface area contributed by atoms with Crippen molar-refractivity contribution in [1.82, 2.24) is 4.98 Å². The van der Waals surface area contributed by atoms with Crippen LogP contribution < -0.4 is 9.64 Å². The number of aromatic nitrogens is 1. The first-order valence-corrected chi connectivity index (χ1v) is 8.76. The first kappa shape index (κ1) is 16.3. The van der Waals surface area contributed by atoms with Crippen LogP contribution in [0.15, 0.2) is 66.7 Å². The number of fused-ring (bicyclic) bond motifs is 1. The molecule has 0 aliphatic carbocycles. The van der Waals surface area contributed by atoms with E-state index in [9.17, 15) is 4.79 Å². The van der Waals surface area contributed by atoms with Crippen molar-refractivity contribution in [2.24, 2.45) is 0 Å². The molecule has 26 heavy (non-hydrogen) atoms. The van der Waals surface area contributed by atoms with Gasteiger partial charge in [0, 0.05) is 24.7 Å². The quantitative estimate of drug-likeness (QED) is 0.713. The molecule has 0 bridgehead atoms. The molecular weight excluding hydrogens is 324 g/mol. The molecule has 1 amide bonds. The Morgan fingerprint density at radius 3 is 2.54 bits per heavy atom. The van der Waals surface area contributed by atoms with Gasteiger partial charge >= 0.3 is 0 Å². The van der Waals surface area contributed by atoms with Crippen molar-refractivity contribution in [3.05, 3.63) is 89.1 Å². The summed E-state index contributed by atoms with van der Waals surface area (Å²) in [5.74, 6) is 0.557. The third kappa shape index (κ3) is 3.31. The number of carbonyl (C=O) groups excluding carboxylic acids is 1. The minimum atomic E-state index is -0.00258. The average molecular weight is 344 g/mol. The van der Waals surface area contributed by atoms with Crippen LogP contribution in [-0.2, 0) is 13.0 Å². The van der Waals surface area contributed by atoms with Crippen molar-refractivity contribution in [3.63, 3.8) is 0 Å². The number of amides is 1. The molecule has 4 rings (SSSR count). The summed E-state index contributed by atoms with van der Waals surface area (Å²) in [5, 5.41) is 0. The highest BCUT2D eigenvalue weighted by molar-refractivity contribution is 6.07. The maximum Gasteiger partial charge on any atom is 0.260 e. The molecule has 0 saturated carbocycles. The molecule has 3 aromatic rings. The van der Waals surface area contributed by atoms with Gasteiger partial charge in [0.1, 0.15) is 6.61 Å². The zero-order chi connectivity index (χ0) is 17.9. The minimum absolute atomic E-state index is 0.00258. The number of hydrogen-bond acceptors (Lipinski definition) is 3. The van der Waals surface area contributed by atoms with Crippen LogP contribution in [0.3, 0.4) is 0 Å². The maximum absolute atomic E-state index is 12.8. The van der Waals surface area contributed by atoms with Gasteiger partial charge in [-0.2, -0.15) is 0 Å². The first-order chi connectivity index (χ1) is 12.7. The van der Waals surface area contributed by atoms with Crippen LogP contribution >= 0.6 is 0 Å². The summed E-state index contributed by atoms with van der Waals surface area (Å²) in [6.07, 6.45) is 0.720. The fraction of sp³-hybridized carbons (Fsp3) is 0.182. The number of ether oxygens (including phenoxy) is 1. The molecule has 0 N–H and O–H groups in total. The molecule has 2 heterocycles. The molecule has 0 radical (unpaired) electrons. The number of rotatable bonds is 4. The predicted octanol–water partition coefficient (Wildman–Crippen LogP) is 4.17. The van der Waals surface area contributed by atoms with E-state index < -0.39 is 0 Å². The molecule has 1 aliphatic rings. The van der Waals surface area contributed by atoms with Gasteiger partial charge in [-0.15, -0.1) is 0 Å². The molecular formula is C22H20N2O2. The van der Waals surface area contributed by atoms with E-state index in [0.717, 1.165) is 23.4 Å². The van der Waals surface area contributed by atoms with Gasteiger partial charge in [-0.25, -0.2) is 4.98 Å². The highest BCUT2D eigenvalue weighted by Crippen LogP contribution is 2.25. The summed E-state index contributed by atoms with van der Waals surface area (Å²) in [6.45, 7) is 3.14. The van der Waals surface area contributed by atoms with E-state index in [4.69, 9.17) is 4.74 Å². The van der Waals surface area contributed by atoms with Gasteiger partial charge in [-0.3, -0.25) is 4.79 Å². The van der Waals surface area contributed by atoms with Gasteiger partial charge in [-0.05, 0) is 30.7 Å². The van der Waals surface area contributed by atoms with Crippen molar-refractivity contribution >= 4 is 11.6 Å². The number of benzene rings is 2. The number of carbonyl (C=O) groups is 1. The molecule has 0 fully saturated rings. The normalized spacial score (nSPS) is 13.4. The summed E-state index contributed by atoms with van der Waals surface area (Å²) < 4.78 is 5.78. The topological polar surface area (TPSA) is 42.4 Å². The van der Waals surface area contributed by atoms with Gasteiger partial charge in [0.05, 0.1) is 11.3 Å². The Kier molecular flexibility index (Phi) is 4.40. The molecule has 4 nitrogen and oxygen atoms in total. The van der Waals surface area contributed by atoms with Crippen LogP contribution in [0.25, 0.3) is 0 Å². The summed E-state index contributed by atoms with van der Waals surface area (Å²) in [5.41, 5.74) is 4.66. The van der Waals surface area contributed by atoms with Crippen LogP contribution in [0.4, 0.5) is 5.69 Å². The number of aryl methyl sites for hydroxylation is 1. The molecule has 2 aromatic carbocycles. The van der Waals surface area contributed by atoms with E-state index in [1.807, 2.05) is 72.5 Å². The predicted molar refractivity (Wildman–Crippen MR) is 102 cm³/mol. The van der Waals surface area contributed by atoms with E-state index >= 15 is 0 Å². The van der Waals surface area contributed by atoms with E-state index in [1.165, 1.54) is 5.56 Å². The lowest BCUT2D eigenvalue weighted by molar-refractivity contribution is 0.0979. The first-order valence-electron chi connectivity index (χ1n) is 8.76. The van der Waals surface area contributed by atoms with E-state index in [1.54, 1.807) is 6.07 Å². The van der Waals surface area contributed by atoms with Crippen LogP contribution in [0.2, 0.25) is 0 Å². The van der Waals surface area contributed by atoms with E-state index in [-0.39, 0.29) is 5.91 Å². The largest absolute Gasteiger partial charge is 0.473 e. The molecule has 4 heteroatoms. The Bertz CT molecular complexity index is 921. The smallest absolute Gasteiger partial charge is 0.260 e. The van der Waals surface area contributed by atoms with Crippen molar-refractivity contribution in [2.75, 3.05) is 11.4 Å². The van der Waals surface area contributed by atoms with Crippen molar-refractivity contribution in [1.29, 1.82) is 0 Å². The lowest BCUT2D eigenvalue weighted by Gasteiger charge is -2.28. The lowest BCUT2D eigenvalue weighted by atomic mass is 10.0. The Labute approximate surface area is 153 Å². The summed E-state index contributed by atoms with van der Waals surface area (Å²) in [6, 6.07) is 21.6. The number of pyridine rings is 1. The summed E-state index contributed by atoms with van der Waals surface area (Å²) in [4.78, 5) is 19.2. The number of nitrogens with zero attached hydrogens (tertiary/aromatic N) is 2. The number of anilines is 1. The fourth-order valence-corrected chi connectivity index (χ4v) is 3.11. The lowest BCUT2D eigenvalue weighted by Crippen LogP contribution is -2.38. The zero-order valence-electron chi connectivity index (χ0n) is 14.7. The minimum Gasteiger partial charge on any atom is -0.473 e. The molecule has 0 saturated heterocycles. The van der Waals surface area contributed by atoms with Crippen LogP contribution in [0, 0.1) is 6.92 Å². The summed E-state index contributed by atoms with van der Waals surface area (Å²) >= 11 is 0. The third-order valence-electron chi connectivity index (χ3n) is 4.57. The summed E-state index contributed by atoms with van der Waals surface area (Å²) in [7, 11) is 0. The van der Waals surface area contributed by atoms with Crippen molar-refractivity contribution in [2.45, 2.75) is 20.0 Å². The fourth-order valence-electron chi connectivity index (χ4n) is 3.11. The highest BCUT2D eigenvalue weighted by Gasteiger charge is 2.26. The monoisotopic (exact) mass is 344 g/mol.